The van der Waals surface area contributed by atoms with Crippen molar-refractivity contribution < 1.29 is 29.4 Å². The van der Waals surface area contributed by atoms with Crippen molar-refractivity contribution in [3.63, 3.8) is 0 Å². The Balaban J connectivity index is 0.000000236. The van der Waals surface area contributed by atoms with Crippen molar-refractivity contribution in [3.05, 3.63) is 113 Å². The summed E-state index contributed by atoms with van der Waals surface area (Å²) < 4.78 is 0.894. The third-order valence-corrected chi connectivity index (χ3v) is 11.8. The van der Waals surface area contributed by atoms with Crippen LogP contribution in [0.2, 0.25) is 0 Å². The minimum atomic E-state index is -1.00. The molecule has 0 bridgehead atoms. The standard InChI is InChI=1S/C19H16N2O3S3.C18H14N2O3S3.CH4/c1-10-4-3-5-13(8-10)21-18(24)16(27-19(21)26)17(25)20-12-6-7-14(11(2)22)15(23)9-12;1-10-3-2-4-13(9-10)20-16(21)14(26-18(20)25)15(24)19-12-7-5-11(6-8-12)17(22)23;/h3-9,16,23H,1-2H3,(H,20,25);2-9,14H,1H3,(H,19,24)(H,22,23);1H4. The Bertz CT molecular complexity index is 2200. The van der Waals surface area contributed by atoms with Crippen molar-refractivity contribution in [2.24, 2.45) is 0 Å². The summed E-state index contributed by atoms with van der Waals surface area (Å²) in [5.41, 5.74) is 5.02. The second-order valence-corrected chi connectivity index (χ2v) is 16.1. The summed E-state index contributed by atoms with van der Waals surface area (Å²) >= 11 is 24.0. The van der Waals surface area contributed by atoms with Crippen LogP contribution in [0.4, 0.5) is 22.7 Å². The van der Waals surface area contributed by atoms with Gasteiger partial charge < -0.3 is 20.8 Å². The lowest BCUT2D eigenvalue weighted by Crippen LogP contribution is -2.36. The number of nitrogens with zero attached hydrogens (tertiary/aromatic N) is 2. The predicted molar refractivity (Wildman–Crippen MR) is 236 cm³/mol. The Hall–Kier alpha value is -4.58. The second kappa shape index (κ2) is 18.2. The van der Waals surface area contributed by atoms with Crippen LogP contribution in [0.1, 0.15) is 46.2 Å². The highest BCUT2D eigenvalue weighted by Crippen LogP contribution is 2.35. The normalized spacial score (nSPS) is 16.3. The highest BCUT2D eigenvalue weighted by Gasteiger charge is 2.41. The lowest BCUT2D eigenvalue weighted by molar-refractivity contribution is -0.116. The first-order valence-electron chi connectivity index (χ1n) is 15.7. The molecule has 4 N–H and O–H groups in total. The molecule has 2 aliphatic rings. The molecule has 0 aromatic heterocycles. The number of aryl methyl sites for hydroxylation is 2. The number of hydrogen-bond acceptors (Lipinski definition) is 11. The number of carboxylic acids is 1. The summed E-state index contributed by atoms with van der Waals surface area (Å²) in [5.74, 6) is -1.78. The molecule has 4 aromatic rings. The number of thioether (sulfide) groups is 2. The zero-order valence-corrected chi connectivity index (χ0v) is 33.1. The first-order chi connectivity index (χ1) is 25.1. The topological polar surface area (TPSA) is 139 Å². The van der Waals surface area contributed by atoms with Crippen LogP contribution in [0.3, 0.4) is 0 Å². The molecule has 6 rings (SSSR count). The molecule has 0 radical (unpaired) electrons. The van der Waals surface area contributed by atoms with E-state index in [1.54, 1.807) is 18.2 Å². The van der Waals surface area contributed by atoms with Crippen molar-refractivity contribution in [2.45, 2.75) is 38.7 Å². The Morgan fingerprint density at radius 3 is 1.56 bits per heavy atom. The van der Waals surface area contributed by atoms with Gasteiger partial charge in [0, 0.05) is 17.4 Å². The lowest BCUT2D eigenvalue weighted by Gasteiger charge is -2.17. The summed E-state index contributed by atoms with van der Waals surface area (Å²) in [7, 11) is 0. The number of phenolic OH excluding ortho intramolecular Hbond substituents is 1. The molecule has 0 saturated carbocycles. The molecule has 2 fully saturated rings. The molecule has 2 heterocycles. The van der Waals surface area contributed by atoms with Gasteiger partial charge in [0.05, 0.1) is 22.5 Å². The zero-order chi connectivity index (χ0) is 38.6. The SMILES string of the molecule is C.CC(=O)c1ccc(NC(=S)C2SC(=S)N(c3cccc(C)c3)C2=O)cc1O.Cc1cccc(N2C(=O)C(C(=S)Nc3ccc(C(=O)O)cc3)SC2=S)c1. The molecular formula is C38H34N4O6S6. The summed E-state index contributed by atoms with van der Waals surface area (Å²) in [4.78, 5) is 51.6. The Kier molecular flexibility index (Phi) is 14.2. The van der Waals surface area contributed by atoms with Crippen molar-refractivity contribution in [2.75, 3.05) is 20.4 Å². The summed E-state index contributed by atoms with van der Waals surface area (Å²) in [5, 5.41) is 23.6. The molecule has 4 aromatic carbocycles. The molecular weight excluding hydrogens is 801 g/mol. The number of ketones is 1. The fraction of sp³-hybridized carbons (Fsp3) is 0.158. The molecule has 2 aliphatic heterocycles. The number of nitrogens with one attached hydrogen (secondary N) is 2. The average molecular weight is 835 g/mol. The van der Waals surface area contributed by atoms with Gasteiger partial charge in [0.1, 0.15) is 34.9 Å². The van der Waals surface area contributed by atoms with Crippen LogP contribution in [0.15, 0.2) is 91.0 Å². The summed E-state index contributed by atoms with van der Waals surface area (Å²) in [6.45, 7) is 5.27. The van der Waals surface area contributed by atoms with Crippen molar-refractivity contribution in [1.29, 1.82) is 0 Å². The highest BCUT2D eigenvalue weighted by atomic mass is 32.2. The summed E-state index contributed by atoms with van der Waals surface area (Å²) in [6.07, 6.45) is 0. The number of benzene rings is 4. The van der Waals surface area contributed by atoms with E-state index < -0.39 is 16.5 Å². The molecule has 10 nitrogen and oxygen atoms in total. The maximum atomic E-state index is 12.9. The van der Waals surface area contributed by atoms with Gasteiger partial charge in [-0.15, -0.1) is 0 Å². The van der Waals surface area contributed by atoms with Crippen LogP contribution in [0.5, 0.6) is 5.75 Å². The van der Waals surface area contributed by atoms with E-state index >= 15 is 0 Å². The number of rotatable bonds is 8. The van der Waals surface area contributed by atoms with E-state index in [1.165, 1.54) is 64.5 Å². The fourth-order valence-electron chi connectivity index (χ4n) is 5.17. The number of carbonyl (C=O) groups excluding carboxylic acids is 3. The zero-order valence-electron chi connectivity index (χ0n) is 28.2. The van der Waals surface area contributed by atoms with Gasteiger partial charge >= 0.3 is 5.97 Å². The van der Waals surface area contributed by atoms with Crippen molar-refractivity contribution in [3.8, 4) is 5.75 Å². The van der Waals surface area contributed by atoms with Gasteiger partial charge in [0.15, 0.2) is 5.78 Å². The Morgan fingerprint density at radius 2 is 1.15 bits per heavy atom. The highest BCUT2D eigenvalue weighted by molar-refractivity contribution is 8.26. The number of thiocarbonyl (C=S) groups is 4. The van der Waals surface area contributed by atoms with Gasteiger partial charge in [-0.2, -0.15) is 0 Å². The minimum absolute atomic E-state index is 0. The van der Waals surface area contributed by atoms with E-state index in [9.17, 15) is 24.3 Å². The quantitative estimate of drug-likeness (QED) is 0.0996. The van der Waals surface area contributed by atoms with Crippen LogP contribution in [-0.4, -0.2) is 62.9 Å². The largest absolute Gasteiger partial charge is 0.507 e. The monoisotopic (exact) mass is 834 g/mol. The van der Waals surface area contributed by atoms with Gasteiger partial charge in [0.2, 0.25) is 0 Å². The van der Waals surface area contributed by atoms with Crippen LogP contribution in [0.25, 0.3) is 0 Å². The van der Waals surface area contributed by atoms with Crippen LogP contribution < -0.4 is 20.4 Å². The Morgan fingerprint density at radius 1 is 0.704 bits per heavy atom. The van der Waals surface area contributed by atoms with E-state index in [-0.39, 0.29) is 46.9 Å². The van der Waals surface area contributed by atoms with Gasteiger partial charge in [-0.25, -0.2) is 4.79 Å². The minimum Gasteiger partial charge on any atom is -0.507 e. The molecule has 2 amide bonds. The maximum Gasteiger partial charge on any atom is 0.335 e. The van der Waals surface area contributed by atoms with E-state index in [1.807, 2.05) is 62.4 Å². The van der Waals surface area contributed by atoms with Crippen molar-refractivity contribution >= 4 is 137 Å². The third-order valence-electron chi connectivity index (χ3n) is 7.73. The number of Topliss-reactive ketones (excluding diaryl/α,β-unsaturated/α-hetero) is 1. The molecule has 278 valence electrons. The number of carbonyl (C=O) groups is 4. The van der Waals surface area contributed by atoms with Crippen molar-refractivity contribution in [1.82, 2.24) is 0 Å². The smallest absolute Gasteiger partial charge is 0.335 e. The maximum absolute atomic E-state index is 12.9. The first kappa shape index (κ1) is 42.2. The number of hydrogen-bond donors (Lipinski definition) is 4. The fourth-order valence-corrected chi connectivity index (χ4v) is 8.62. The summed E-state index contributed by atoms with van der Waals surface area (Å²) in [6, 6.07) is 25.8. The van der Waals surface area contributed by atoms with E-state index in [2.05, 4.69) is 10.6 Å². The number of phenols is 1. The molecule has 2 unspecified atom stereocenters. The molecule has 2 saturated heterocycles. The molecule has 2 atom stereocenters. The molecule has 54 heavy (non-hydrogen) atoms. The number of amides is 2. The molecule has 0 aliphatic carbocycles. The van der Waals surface area contributed by atoms with Gasteiger partial charge in [-0.3, -0.25) is 24.2 Å². The predicted octanol–water partition coefficient (Wildman–Crippen LogP) is 8.58. The first-order valence-corrected chi connectivity index (χ1v) is 19.1. The van der Waals surface area contributed by atoms with Crippen LogP contribution in [-0.2, 0) is 9.59 Å². The van der Waals surface area contributed by atoms with E-state index in [0.29, 0.717) is 30.7 Å². The Labute approximate surface area is 342 Å². The van der Waals surface area contributed by atoms with E-state index in [4.69, 9.17) is 54.0 Å². The number of aromatic hydroxyl groups is 1. The van der Waals surface area contributed by atoms with Gasteiger partial charge in [-0.05, 0) is 92.6 Å². The van der Waals surface area contributed by atoms with Crippen LogP contribution >= 0.6 is 72.4 Å². The lowest BCUT2D eigenvalue weighted by atomic mass is 10.1. The molecule has 0 spiro atoms. The second-order valence-electron chi connectivity index (χ2n) is 11.7. The van der Waals surface area contributed by atoms with Gasteiger partial charge in [0.25, 0.3) is 11.8 Å². The number of carboxylic acid groups (broad SMARTS) is 1. The van der Waals surface area contributed by atoms with E-state index in [0.717, 1.165) is 16.8 Å². The average Bonchev–Trinajstić information content (AvgIpc) is 3.58. The van der Waals surface area contributed by atoms with Gasteiger partial charge in [-0.1, -0.05) is 104 Å². The number of aromatic carboxylic acids is 1. The molecule has 16 heteroatoms. The van der Waals surface area contributed by atoms with Crippen LogP contribution in [0, 0.1) is 13.8 Å². The third kappa shape index (κ3) is 9.74. The number of anilines is 4.